The number of likely N-dealkylation sites (tertiary alicyclic amines) is 1. The number of methoxy groups -OCH3 is 1. The molecule has 0 N–H and O–H groups in total. The van der Waals surface area contributed by atoms with Gasteiger partial charge in [0.15, 0.2) is 11.6 Å². The van der Waals surface area contributed by atoms with Crippen molar-refractivity contribution in [1.29, 1.82) is 0 Å². The molecule has 0 saturated carbocycles. The van der Waals surface area contributed by atoms with Gasteiger partial charge in [0, 0.05) is 13.7 Å². The van der Waals surface area contributed by atoms with Crippen LogP contribution >= 0.6 is 0 Å². The van der Waals surface area contributed by atoms with Crippen LogP contribution < -0.4 is 0 Å². The van der Waals surface area contributed by atoms with E-state index in [0.717, 1.165) is 12.1 Å². The van der Waals surface area contributed by atoms with Crippen molar-refractivity contribution >= 4 is 0 Å². The molecule has 1 heterocycles. The minimum atomic E-state index is -4.38. The number of benzene rings is 1. The maximum absolute atomic E-state index is 13.2. The second-order valence-corrected chi connectivity index (χ2v) is 5.17. The SMILES string of the molecule is COC[C@H](N1CC[C@H](c2ccc(F)c(F)c2)C1)C(F)(F)F. The van der Waals surface area contributed by atoms with E-state index < -0.39 is 30.5 Å². The maximum atomic E-state index is 13.2. The molecule has 2 nitrogen and oxygen atoms in total. The lowest BCUT2D eigenvalue weighted by Crippen LogP contribution is -2.47. The molecule has 0 radical (unpaired) electrons. The molecule has 0 bridgehead atoms. The highest BCUT2D eigenvalue weighted by atomic mass is 19.4. The molecule has 1 fully saturated rings. The van der Waals surface area contributed by atoms with Crippen molar-refractivity contribution < 1.29 is 26.7 Å². The number of ether oxygens (including phenoxy) is 1. The number of hydrogen-bond acceptors (Lipinski definition) is 2. The van der Waals surface area contributed by atoms with Gasteiger partial charge in [0.25, 0.3) is 0 Å². The number of rotatable bonds is 4. The minimum absolute atomic E-state index is 0.151. The zero-order chi connectivity index (χ0) is 15.6. The molecular formula is C14H16F5NO. The lowest BCUT2D eigenvalue weighted by Gasteiger charge is -2.29. The van der Waals surface area contributed by atoms with Crippen LogP contribution in [0.15, 0.2) is 18.2 Å². The number of halogens is 5. The Balaban J connectivity index is 2.10. The molecule has 1 aliphatic heterocycles. The van der Waals surface area contributed by atoms with E-state index >= 15 is 0 Å². The summed E-state index contributed by atoms with van der Waals surface area (Å²) in [4.78, 5) is 1.29. The van der Waals surface area contributed by atoms with Crippen molar-refractivity contribution in [3.8, 4) is 0 Å². The summed E-state index contributed by atoms with van der Waals surface area (Å²) in [6.45, 7) is -0.0379. The monoisotopic (exact) mass is 309 g/mol. The van der Waals surface area contributed by atoms with E-state index in [2.05, 4.69) is 4.74 Å². The Kier molecular flexibility index (Phi) is 4.83. The first kappa shape index (κ1) is 16.2. The van der Waals surface area contributed by atoms with Gasteiger partial charge in [-0.05, 0) is 36.6 Å². The summed E-state index contributed by atoms with van der Waals surface area (Å²) in [5.41, 5.74) is 0.523. The fraction of sp³-hybridized carbons (Fsp3) is 0.571. The summed E-state index contributed by atoms with van der Waals surface area (Å²) in [6.07, 6.45) is -3.90. The van der Waals surface area contributed by atoms with Gasteiger partial charge in [0.1, 0.15) is 6.04 Å². The van der Waals surface area contributed by atoms with Crippen molar-refractivity contribution in [3.05, 3.63) is 35.4 Å². The van der Waals surface area contributed by atoms with Crippen LogP contribution in [0.2, 0.25) is 0 Å². The van der Waals surface area contributed by atoms with E-state index in [4.69, 9.17) is 0 Å². The van der Waals surface area contributed by atoms with Crippen LogP contribution in [-0.4, -0.2) is 43.9 Å². The van der Waals surface area contributed by atoms with Crippen molar-refractivity contribution in [2.75, 3.05) is 26.8 Å². The summed E-state index contributed by atoms with van der Waals surface area (Å²) in [7, 11) is 1.22. The molecule has 2 rings (SSSR count). The van der Waals surface area contributed by atoms with Crippen LogP contribution in [0.3, 0.4) is 0 Å². The largest absolute Gasteiger partial charge is 0.406 e. The van der Waals surface area contributed by atoms with Gasteiger partial charge in [0.05, 0.1) is 6.61 Å². The van der Waals surface area contributed by atoms with Gasteiger partial charge in [-0.2, -0.15) is 13.2 Å². The number of alkyl halides is 3. The predicted octanol–water partition coefficient (Wildman–Crippen LogP) is 3.33. The molecule has 1 aromatic rings. The molecule has 1 aromatic carbocycles. The van der Waals surface area contributed by atoms with Crippen molar-refractivity contribution in [2.45, 2.75) is 24.6 Å². The van der Waals surface area contributed by atoms with Crippen molar-refractivity contribution in [3.63, 3.8) is 0 Å². The van der Waals surface area contributed by atoms with Crippen molar-refractivity contribution in [1.82, 2.24) is 4.90 Å². The zero-order valence-corrected chi connectivity index (χ0v) is 11.5. The molecule has 1 aliphatic rings. The molecule has 21 heavy (non-hydrogen) atoms. The Morgan fingerprint density at radius 3 is 2.57 bits per heavy atom. The average molecular weight is 309 g/mol. The number of nitrogens with zero attached hydrogens (tertiary/aromatic N) is 1. The van der Waals surface area contributed by atoms with Gasteiger partial charge in [-0.25, -0.2) is 8.78 Å². The number of hydrogen-bond donors (Lipinski definition) is 0. The maximum Gasteiger partial charge on any atom is 0.406 e. The topological polar surface area (TPSA) is 12.5 Å². The Morgan fingerprint density at radius 1 is 1.29 bits per heavy atom. The molecule has 1 saturated heterocycles. The minimum Gasteiger partial charge on any atom is -0.383 e. The molecule has 0 amide bonds. The molecule has 0 unspecified atom stereocenters. The first-order valence-corrected chi connectivity index (χ1v) is 6.57. The van der Waals surface area contributed by atoms with Gasteiger partial charge in [-0.1, -0.05) is 6.07 Å². The first-order valence-electron chi connectivity index (χ1n) is 6.57. The molecule has 2 atom stereocenters. The van der Waals surface area contributed by atoms with Gasteiger partial charge in [-0.15, -0.1) is 0 Å². The van der Waals surface area contributed by atoms with E-state index in [1.54, 1.807) is 0 Å². The zero-order valence-electron chi connectivity index (χ0n) is 11.5. The second kappa shape index (κ2) is 6.27. The summed E-state index contributed by atoms with van der Waals surface area (Å²) in [6, 6.07) is 1.82. The molecular weight excluding hydrogens is 293 g/mol. The Hall–Kier alpha value is -1.21. The average Bonchev–Trinajstić information content (AvgIpc) is 2.87. The fourth-order valence-electron chi connectivity index (χ4n) is 2.67. The van der Waals surface area contributed by atoms with E-state index in [1.165, 1.54) is 18.1 Å². The Labute approximate surface area is 119 Å². The van der Waals surface area contributed by atoms with E-state index in [9.17, 15) is 22.0 Å². The summed E-state index contributed by atoms with van der Waals surface area (Å²) in [5.74, 6) is -2.17. The Morgan fingerprint density at radius 2 is 2.00 bits per heavy atom. The lowest BCUT2D eigenvalue weighted by atomic mass is 9.98. The third kappa shape index (κ3) is 3.71. The van der Waals surface area contributed by atoms with Crippen LogP contribution in [0.1, 0.15) is 17.9 Å². The summed E-state index contributed by atoms with van der Waals surface area (Å²) < 4.78 is 69.7. The van der Waals surface area contributed by atoms with Gasteiger partial charge in [-0.3, -0.25) is 4.90 Å². The van der Waals surface area contributed by atoms with Gasteiger partial charge in [0.2, 0.25) is 0 Å². The second-order valence-electron chi connectivity index (χ2n) is 5.17. The lowest BCUT2D eigenvalue weighted by molar-refractivity contribution is -0.192. The Bertz CT molecular complexity index is 491. The van der Waals surface area contributed by atoms with Gasteiger partial charge < -0.3 is 4.74 Å². The predicted molar refractivity (Wildman–Crippen MR) is 67.0 cm³/mol. The standard InChI is InChI=1S/C14H16F5NO/c1-21-8-13(14(17,18)19)20-5-4-10(7-20)9-2-3-11(15)12(16)6-9/h2-3,6,10,13H,4-5,7-8H2,1H3/t10-,13-/m0/s1. The van der Waals surface area contributed by atoms with Crippen LogP contribution in [0.25, 0.3) is 0 Å². The molecule has 0 spiro atoms. The summed E-state index contributed by atoms with van der Waals surface area (Å²) >= 11 is 0. The fourth-order valence-corrected chi connectivity index (χ4v) is 2.67. The quantitative estimate of drug-likeness (QED) is 0.791. The highest BCUT2D eigenvalue weighted by Gasteiger charge is 2.45. The molecule has 0 aromatic heterocycles. The molecule has 7 heteroatoms. The first-order chi connectivity index (χ1) is 9.82. The van der Waals surface area contributed by atoms with E-state index in [1.807, 2.05) is 0 Å². The molecule has 0 aliphatic carbocycles. The van der Waals surface area contributed by atoms with Crippen molar-refractivity contribution in [2.24, 2.45) is 0 Å². The third-order valence-electron chi connectivity index (χ3n) is 3.78. The smallest absolute Gasteiger partial charge is 0.383 e. The third-order valence-corrected chi connectivity index (χ3v) is 3.78. The van der Waals surface area contributed by atoms with Gasteiger partial charge >= 0.3 is 6.18 Å². The van der Waals surface area contributed by atoms with E-state index in [0.29, 0.717) is 12.0 Å². The highest BCUT2D eigenvalue weighted by molar-refractivity contribution is 5.23. The highest BCUT2D eigenvalue weighted by Crippen LogP contribution is 2.34. The van der Waals surface area contributed by atoms with Crippen LogP contribution in [-0.2, 0) is 4.74 Å². The van der Waals surface area contributed by atoms with Crippen LogP contribution in [0.5, 0.6) is 0 Å². The normalized spacial score (nSPS) is 21.7. The van der Waals surface area contributed by atoms with E-state index in [-0.39, 0.29) is 19.0 Å². The van der Waals surface area contributed by atoms with Crippen LogP contribution in [0.4, 0.5) is 22.0 Å². The summed E-state index contributed by atoms with van der Waals surface area (Å²) in [5, 5.41) is 0. The molecule has 118 valence electrons. The van der Waals surface area contributed by atoms with Crippen LogP contribution in [0, 0.1) is 11.6 Å².